The number of hydrogen-bond acceptors (Lipinski definition) is 8. The van der Waals surface area contributed by atoms with Crippen molar-refractivity contribution in [1.82, 2.24) is 14.1 Å². The fraction of sp³-hybridized carbons (Fsp3) is 0.485. The number of aromatic nitrogens is 3. The van der Waals surface area contributed by atoms with Crippen molar-refractivity contribution in [2.45, 2.75) is 90.6 Å². The Morgan fingerprint density at radius 2 is 1.86 bits per heavy atom. The third kappa shape index (κ3) is 6.30. The zero-order valence-electron chi connectivity index (χ0n) is 25.3. The molecule has 1 N–H and O–H groups in total. The third-order valence-corrected chi connectivity index (χ3v) is 8.47. The number of benzene rings is 1. The molecule has 10 nitrogen and oxygen atoms in total. The zero-order valence-corrected chi connectivity index (χ0v) is 25.3. The van der Waals surface area contributed by atoms with Crippen LogP contribution in [0.15, 0.2) is 58.1 Å². The lowest BCUT2D eigenvalue weighted by atomic mass is 10.1. The van der Waals surface area contributed by atoms with E-state index in [4.69, 9.17) is 19.2 Å². The summed E-state index contributed by atoms with van der Waals surface area (Å²) >= 11 is 0. The van der Waals surface area contributed by atoms with Crippen LogP contribution in [0.2, 0.25) is 0 Å². The Morgan fingerprint density at radius 1 is 1.07 bits per heavy atom. The first-order chi connectivity index (χ1) is 21.4. The molecule has 1 aromatic carbocycles. The molecule has 1 aliphatic carbocycles. The number of anilines is 2. The number of fused-ring (bicyclic) bond motifs is 1. The van der Waals surface area contributed by atoms with Crippen LogP contribution < -0.4 is 26.2 Å². The zero-order chi connectivity index (χ0) is 30.6. The molecule has 0 bridgehead atoms. The van der Waals surface area contributed by atoms with E-state index in [2.05, 4.69) is 17.5 Å². The lowest BCUT2D eigenvalue weighted by Crippen LogP contribution is -2.42. The molecule has 234 valence electrons. The lowest BCUT2D eigenvalue weighted by Gasteiger charge is -2.28. The summed E-state index contributed by atoms with van der Waals surface area (Å²) in [5.41, 5.74) is 2.07. The van der Waals surface area contributed by atoms with Crippen LogP contribution in [0.4, 0.5) is 15.9 Å². The van der Waals surface area contributed by atoms with E-state index < -0.39 is 6.17 Å². The summed E-state index contributed by atoms with van der Waals surface area (Å²) in [7, 11) is 0. The first-order valence-corrected chi connectivity index (χ1v) is 15.6. The average Bonchev–Trinajstić information content (AvgIpc) is 3.67. The molecular weight excluding hydrogens is 565 g/mol. The third-order valence-electron chi connectivity index (χ3n) is 8.47. The maximum Gasteiger partial charge on any atom is 0.332 e. The summed E-state index contributed by atoms with van der Waals surface area (Å²) in [6, 6.07) is 10.0. The number of aryl methyl sites for hydroxylation is 1. The average molecular weight is 606 g/mol. The smallest absolute Gasteiger partial charge is 0.332 e. The van der Waals surface area contributed by atoms with Gasteiger partial charge in [-0.1, -0.05) is 24.3 Å². The van der Waals surface area contributed by atoms with Gasteiger partial charge in [0.2, 0.25) is 5.88 Å². The molecule has 0 saturated carbocycles. The van der Waals surface area contributed by atoms with Crippen molar-refractivity contribution in [3.05, 3.63) is 92.0 Å². The molecular formula is C33H40FN5O5. The van der Waals surface area contributed by atoms with Crippen molar-refractivity contribution in [3.63, 3.8) is 0 Å². The Balaban J connectivity index is 1.32. The van der Waals surface area contributed by atoms with Gasteiger partial charge in [0.1, 0.15) is 29.6 Å². The van der Waals surface area contributed by atoms with Crippen LogP contribution in [-0.4, -0.2) is 39.7 Å². The first kappa shape index (κ1) is 30.1. The predicted octanol–water partition coefficient (Wildman–Crippen LogP) is 5.03. The van der Waals surface area contributed by atoms with Gasteiger partial charge in [0, 0.05) is 56.4 Å². The van der Waals surface area contributed by atoms with Crippen LogP contribution in [0.25, 0.3) is 0 Å². The molecule has 1 fully saturated rings. The lowest BCUT2D eigenvalue weighted by molar-refractivity contribution is -0.163. The quantitative estimate of drug-likeness (QED) is 0.240. The second kappa shape index (κ2) is 13.4. The topological polar surface area (TPSA) is 99.9 Å². The van der Waals surface area contributed by atoms with E-state index in [1.165, 1.54) is 16.7 Å². The van der Waals surface area contributed by atoms with Crippen molar-refractivity contribution >= 4 is 11.5 Å². The molecule has 1 saturated heterocycles. The maximum atomic E-state index is 14.1. The molecule has 0 spiro atoms. The summed E-state index contributed by atoms with van der Waals surface area (Å²) in [6.07, 6.45) is 8.74. The van der Waals surface area contributed by atoms with E-state index in [0.717, 1.165) is 48.9 Å². The highest BCUT2D eigenvalue weighted by atomic mass is 19.1. The van der Waals surface area contributed by atoms with Crippen molar-refractivity contribution < 1.29 is 18.6 Å². The summed E-state index contributed by atoms with van der Waals surface area (Å²) < 4.78 is 34.3. The highest BCUT2D eigenvalue weighted by Crippen LogP contribution is 2.40. The molecule has 44 heavy (non-hydrogen) atoms. The van der Waals surface area contributed by atoms with Crippen LogP contribution in [0.3, 0.4) is 0 Å². The minimum absolute atomic E-state index is 0.0784. The fourth-order valence-electron chi connectivity index (χ4n) is 6.16. The molecule has 3 aliphatic rings. The van der Waals surface area contributed by atoms with Crippen molar-refractivity contribution in [1.29, 1.82) is 0 Å². The molecule has 4 heterocycles. The number of nitrogens with one attached hydrogen (secondary N) is 1. The summed E-state index contributed by atoms with van der Waals surface area (Å²) in [5.74, 6) is 0.685. The molecule has 3 aromatic rings. The monoisotopic (exact) mass is 605 g/mol. The Bertz CT molecular complexity index is 1600. The van der Waals surface area contributed by atoms with Crippen molar-refractivity contribution in [3.8, 4) is 5.88 Å². The Kier molecular flexibility index (Phi) is 9.13. The number of nitrogens with zero attached hydrogens (tertiary/aromatic N) is 4. The molecule has 2 aliphatic heterocycles. The van der Waals surface area contributed by atoms with Gasteiger partial charge in [0.15, 0.2) is 6.29 Å². The number of rotatable bonds is 11. The van der Waals surface area contributed by atoms with E-state index in [1.807, 2.05) is 30.9 Å². The number of pyridine rings is 1. The summed E-state index contributed by atoms with van der Waals surface area (Å²) in [5, 5.41) is 3.47. The molecule has 6 rings (SSSR count). The second-order valence-electron chi connectivity index (χ2n) is 11.5. The van der Waals surface area contributed by atoms with Crippen molar-refractivity contribution in [2.75, 3.05) is 23.4 Å². The van der Waals surface area contributed by atoms with Gasteiger partial charge in [-0.15, -0.1) is 0 Å². The van der Waals surface area contributed by atoms with Crippen LogP contribution in [0.1, 0.15) is 68.4 Å². The number of ether oxygens (including phenoxy) is 3. The number of hydrogen-bond donors (Lipinski definition) is 1. The van der Waals surface area contributed by atoms with Crippen LogP contribution in [0, 0.1) is 12.7 Å². The normalized spacial score (nSPS) is 19.8. The van der Waals surface area contributed by atoms with Crippen LogP contribution >= 0.6 is 0 Å². The highest BCUT2D eigenvalue weighted by Gasteiger charge is 2.37. The summed E-state index contributed by atoms with van der Waals surface area (Å²) in [4.78, 5) is 34.4. The SMILES string of the molecule is CCn1c2c(c(=O)n(CCCOC3CCCCO3)c1=O)N(Cc1ccc(F)cc1)C(c1ccc(OC3CC=CC3)nc1C)N2. The minimum Gasteiger partial charge on any atom is -0.474 e. The maximum absolute atomic E-state index is 14.1. The molecule has 11 heteroatoms. The van der Waals surface area contributed by atoms with E-state index in [-0.39, 0.29) is 36.0 Å². The molecule has 2 aromatic heterocycles. The van der Waals surface area contributed by atoms with Crippen LogP contribution in [0.5, 0.6) is 5.88 Å². The van der Waals surface area contributed by atoms with Gasteiger partial charge < -0.3 is 24.4 Å². The van der Waals surface area contributed by atoms with E-state index in [9.17, 15) is 14.0 Å². The fourth-order valence-corrected chi connectivity index (χ4v) is 6.16. The minimum atomic E-state index is -0.489. The molecule has 0 amide bonds. The molecule has 0 radical (unpaired) electrons. The van der Waals surface area contributed by atoms with Gasteiger partial charge in [0.05, 0.1) is 6.61 Å². The van der Waals surface area contributed by atoms with Gasteiger partial charge in [-0.2, -0.15) is 0 Å². The van der Waals surface area contributed by atoms with Gasteiger partial charge in [-0.05, 0) is 63.3 Å². The Hall–Kier alpha value is -3.96. The van der Waals surface area contributed by atoms with Gasteiger partial charge >= 0.3 is 5.69 Å². The van der Waals surface area contributed by atoms with Gasteiger partial charge in [-0.3, -0.25) is 13.9 Å². The Labute approximate surface area is 256 Å². The van der Waals surface area contributed by atoms with E-state index in [0.29, 0.717) is 50.1 Å². The van der Waals surface area contributed by atoms with Gasteiger partial charge in [-0.25, -0.2) is 14.2 Å². The molecule has 2 atom stereocenters. The first-order valence-electron chi connectivity index (χ1n) is 15.6. The second-order valence-corrected chi connectivity index (χ2v) is 11.5. The standard InChI is InChI=1S/C33H40FN5O5/c1-3-37-31-29(32(40)38(33(37)41)18-8-20-43-28-11-6-7-19-42-28)39(21-23-12-14-24(34)15-13-23)30(36-31)26-16-17-27(35-22(26)2)44-25-9-4-5-10-25/h4-5,12-17,25,28,30,36H,3,6-11,18-21H2,1-2H3. The largest absolute Gasteiger partial charge is 0.474 e. The predicted molar refractivity (Wildman–Crippen MR) is 166 cm³/mol. The highest BCUT2D eigenvalue weighted by molar-refractivity contribution is 5.73. The summed E-state index contributed by atoms with van der Waals surface area (Å²) in [6.45, 7) is 5.78. The van der Waals surface area contributed by atoms with E-state index >= 15 is 0 Å². The molecule has 2 unspecified atom stereocenters. The van der Waals surface area contributed by atoms with E-state index in [1.54, 1.807) is 16.7 Å². The Morgan fingerprint density at radius 3 is 2.57 bits per heavy atom. The van der Waals surface area contributed by atoms with Crippen LogP contribution in [-0.2, 0) is 29.1 Å². The van der Waals surface area contributed by atoms with Crippen molar-refractivity contribution in [2.24, 2.45) is 0 Å². The van der Waals surface area contributed by atoms with Gasteiger partial charge in [0.25, 0.3) is 5.56 Å². The number of halogens is 1.